The Morgan fingerprint density at radius 2 is 2.00 bits per heavy atom. The first-order chi connectivity index (χ1) is 12.5. The number of amides is 2. The van der Waals surface area contributed by atoms with Crippen LogP contribution in [0.5, 0.6) is 11.5 Å². The van der Waals surface area contributed by atoms with Crippen molar-refractivity contribution < 1.29 is 28.6 Å². The van der Waals surface area contributed by atoms with E-state index >= 15 is 0 Å². The topological polar surface area (TPSA) is 82.1 Å². The quantitative estimate of drug-likeness (QED) is 0.507. The Bertz CT molecular complexity index is 730. The van der Waals surface area contributed by atoms with Crippen LogP contribution in [-0.2, 0) is 14.3 Å². The molecule has 0 aromatic heterocycles. The minimum absolute atomic E-state index is 0.192. The molecule has 1 heterocycles. The van der Waals surface area contributed by atoms with Crippen molar-refractivity contribution in [2.75, 3.05) is 26.9 Å². The second-order valence-electron chi connectivity index (χ2n) is 5.33. The predicted molar refractivity (Wildman–Crippen MR) is 98.1 cm³/mol. The van der Waals surface area contributed by atoms with Crippen LogP contribution in [0.15, 0.2) is 23.1 Å². The Kier molecular flexibility index (Phi) is 7.08. The van der Waals surface area contributed by atoms with E-state index in [0.29, 0.717) is 23.7 Å². The fraction of sp³-hybridized carbons (Fsp3) is 0.389. The molecular formula is C18H21NO6S. The fourth-order valence-corrected chi connectivity index (χ4v) is 3.07. The number of rotatable bonds is 8. The van der Waals surface area contributed by atoms with Gasteiger partial charge in [-0.15, -0.1) is 0 Å². The molecule has 2 amide bonds. The summed E-state index contributed by atoms with van der Waals surface area (Å²) in [7, 11) is 1.53. The lowest BCUT2D eigenvalue weighted by atomic mass is 10.2. The lowest BCUT2D eigenvalue weighted by molar-refractivity contribution is -0.145. The maximum atomic E-state index is 12.4. The minimum atomic E-state index is -0.616. The number of carbonyl (C=O) groups excluding carboxylic acids is 3. The lowest BCUT2D eigenvalue weighted by Crippen LogP contribution is -2.34. The van der Waals surface area contributed by atoms with Gasteiger partial charge < -0.3 is 14.2 Å². The molecule has 140 valence electrons. The monoisotopic (exact) mass is 379 g/mol. The van der Waals surface area contributed by atoms with Gasteiger partial charge in [0.05, 0.1) is 25.2 Å². The molecule has 0 spiro atoms. The van der Waals surface area contributed by atoms with E-state index < -0.39 is 17.1 Å². The first-order valence-electron chi connectivity index (χ1n) is 8.22. The summed E-state index contributed by atoms with van der Waals surface area (Å²) in [6.07, 6.45) is 2.46. The van der Waals surface area contributed by atoms with Crippen LogP contribution in [0.4, 0.5) is 4.79 Å². The minimum Gasteiger partial charge on any atom is -0.493 e. The van der Waals surface area contributed by atoms with Crippen LogP contribution in [0.25, 0.3) is 6.08 Å². The molecule has 2 rings (SSSR count). The van der Waals surface area contributed by atoms with Crippen molar-refractivity contribution in [2.24, 2.45) is 0 Å². The third kappa shape index (κ3) is 4.78. The predicted octanol–water partition coefficient (Wildman–Crippen LogP) is 3.08. The Morgan fingerprint density at radius 1 is 1.23 bits per heavy atom. The molecule has 1 aromatic carbocycles. The lowest BCUT2D eigenvalue weighted by Gasteiger charge is -2.11. The van der Waals surface area contributed by atoms with Gasteiger partial charge in [-0.05, 0) is 48.9 Å². The van der Waals surface area contributed by atoms with Crippen LogP contribution >= 0.6 is 11.8 Å². The number of ether oxygens (including phenoxy) is 3. The van der Waals surface area contributed by atoms with Gasteiger partial charge >= 0.3 is 5.97 Å². The SMILES string of the molecule is CCCOc1ccc(/C=C2\SC(=O)N(CC(=O)OCC)C2=O)cc1OC. The second-order valence-corrected chi connectivity index (χ2v) is 6.32. The van der Waals surface area contributed by atoms with Crippen LogP contribution in [0.3, 0.4) is 0 Å². The van der Waals surface area contributed by atoms with Gasteiger partial charge in [-0.25, -0.2) is 0 Å². The molecule has 0 saturated carbocycles. The molecule has 1 aliphatic rings. The second kappa shape index (κ2) is 9.28. The average Bonchev–Trinajstić information content (AvgIpc) is 2.88. The van der Waals surface area contributed by atoms with E-state index in [9.17, 15) is 14.4 Å². The maximum Gasteiger partial charge on any atom is 0.326 e. The summed E-state index contributed by atoms with van der Waals surface area (Å²) >= 11 is 0.787. The van der Waals surface area contributed by atoms with Crippen molar-refractivity contribution in [1.82, 2.24) is 4.90 Å². The van der Waals surface area contributed by atoms with Gasteiger partial charge in [0, 0.05) is 0 Å². The molecule has 0 bridgehead atoms. The van der Waals surface area contributed by atoms with Crippen molar-refractivity contribution in [3.8, 4) is 11.5 Å². The molecule has 26 heavy (non-hydrogen) atoms. The standard InChI is InChI=1S/C18H21NO6S/c1-4-8-25-13-7-6-12(9-14(13)23-3)10-15-17(21)19(18(22)26-15)11-16(20)24-5-2/h6-7,9-10H,4-5,8,11H2,1-3H3/b15-10-. The van der Waals surface area contributed by atoms with Crippen molar-refractivity contribution in [3.05, 3.63) is 28.7 Å². The smallest absolute Gasteiger partial charge is 0.326 e. The van der Waals surface area contributed by atoms with Gasteiger partial charge in [-0.3, -0.25) is 19.3 Å². The summed E-state index contributed by atoms with van der Waals surface area (Å²) in [6, 6.07) is 5.25. The molecule has 0 aliphatic carbocycles. The molecule has 8 heteroatoms. The van der Waals surface area contributed by atoms with Crippen molar-refractivity contribution in [1.29, 1.82) is 0 Å². The van der Waals surface area contributed by atoms with E-state index in [1.165, 1.54) is 7.11 Å². The van der Waals surface area contributed by atoms with Gasteiger partial charge in [0.1, 0.15) is 6.54 Å². The molecule has 0 atom stereocenters. The number of benzene rings is 1. The Morgan fingerprint density at radius 3 is 2.65 bits per heavy atom. The molecule has 1 aromatic rings. The fourth-order valence-electron chi connectivity index (χ4n) is 2.23. The number of hydrogen-bond acceptors (Lipinski definition) is 7. The van der Waals surface area contributed by atoms with Crippen LogP contribution in [0.2, 0.25) is 0 Å². The summed E-state index contributed by atoms with van der Waals surface area (Å²) in [5.74, 6) is 0.0216. The molecule has 0 unspecified atom stereocenters. The molecule has 1 saturated heterocycles. The van der Waals surface area contributed by atoms with Crippen molar-refractivity contribution in [2.45, 2.75) is 20.3 Å². The molecular weight excluding hydrogens is 358 g/mol. The van der Waals surface area contributed by atoms with Crippen molar-refractivity contribution in [3.63, 3.8) is 0 Å². The summed E-state index contributed by atoms with van der Waals surface area (Å²) in [6.45, 7) is 4.04. The Balaban J connectivity index is 2.17. The number of methoxy groups -OCH3 is 1. The number of esters is 1. The van der Waals surface area contributed by atoms with Gasteiger partial charge in [-0.2, -0.15) is 0 Å². The van der Waals surface area contributed by atoms with Gasteiger partial charge in [0.15, 0.2) is 11.5 Å². The van der Waals surface area contributed by atoms with Gasteiger partial charge in [-0.1, -0.05) is 13.0 Å². The summed E-state index contributed by atoms with van der Waals surface area (Å²) in [5, 5.41) is -0.496. The summed E-state index contributed by atoms with van der Waals surface area (Å²) in [5.41, 5.74) is 0.687. The van der Waals surface area contributed by atoms with Crippen LogP contribution in [0.1, 0.15) is 25.8 Å². The van der Waals surface area contributed by atoms with Crippen LogP contribution in [-0.4, -0.2) is 48.9 Å². The molecule has 0 N–H and O–H groups in total. The largest absolute Gasteiger partial charge is 0.493 e. The zero-order valence-corrected chi connectivity index (χ0v) is 15.8. The Labute approximate surface area is 156 Å². The summed E-state index contributed by atoms with van der Waals surface area (Å²) < 4.78 is 15.7. The van der Waals surface area contributed by atoms with E-state index in [0.717, 1.165) is 23.1 Å². The van der Waals surface area contributed by atoms with E-state index in [1.807, 2.05) is 6.92 Å². The molecule has 7 nitrogen and oxygen atoms in total. The van der Waals surface area contributed by atoms with E-state index in [4.69, 9.17) is 14.2 Å². The van der Waals surface area contributed by atoms with Crippen LogP contribution in [0, 0.1) is 0 Å². The molecule has 1 aliphatic heterocycles. The van der Waals surface area contributed by atoms with E-state index in [1.54, 1.807) is 31.2 Å². The zero-order valence-electron chi connectivity index (χ0n) is 14.9. The van der Waals surface area contributed by atoms with Crippen LogP contribution < -0.4 is 9.47 Å². The van der Waals surface area contributed by atoms with Gasteiger partial charge in [0.25, 0.3) is 11.1 Å². The highest BCUT2D eigenvalue weighted by molar-refractivity contribution is 8.18. The number of carbonyl (C=O) groups is 3. The average molecular weight is 379 g/mol. The Hall–Kier alpha value is -2.48. The molecule has 1 fully saturated rings. The number of nitrogens with zero attached hydrogens (tertiary/aromatic N) is 1. The third-order valence-electron chi connectivity index (χ3n) is 3.41. The number of imide groups is 1. The normalized spacial score (nSPS) is 15.5. The first-order valence-corrected chi connectivity index (χ1v) is 9.03. The van der Waals surface area contributed by atoms with E-state index in [-0.39, 0.29) is 18.1 Å². The van der Waals surface area contributed by atoms with Crippen molar-refractivity contribution >= 4 is 35.0 Å². The zero-order chi connectivity index (χ0) is 19.1. The third-order valence-corrected chi connectivity index (χ3v) is 4.32. The molecule has 0 radical (unpaired) electrons. The highest BCUT2D eigenvalue weighted by atomic mass is 32.2. The number of thioether (sulfide) groups is 1. The first kappa shape index (κ1) is 19.8. The van der Waals surface area contributed by atoms with E-state index in [2.05, 4.69) is 0 Å². The van der Waals surface area contributed by atoms with Gasteiger partial charge in [0.2, 0.25) is 0 Å². The summed E-state index contributed by atoms with van der Waals surface area (Å²) in [4.78, 5) is 37.0. The highest BCUT2D eigenvalue weighted by Crippen LogP contribution is 2.34. The highest BCUT2D eigenvalue weighted by Gasteiger charge is 2.36. The maximum absolute atomic E-state index is 12.4. The number of hydrogen-bond donors (Lipinski definition) is 0.